The molecular weight excluding hydrogens is 186 g/mol. The topological polar surface area (TPSA) is 21.6 Å². The normalized spacial score (nSPS) is 15.1. The summed E-state index contributed by atoms with van der Waals surface area (Å²) in [4.78, 5) is 4.35. The fraction of sp³-hybridized carbons (Fsp3) is 0.154. The van der Waals surface area contributed by atoms with Crippen LogP contribution in [0.2, 0.25) is 0 Å². The van der Waals surface area contributed by atoms with Gasteiger partial charge in [-0.25, -0.2) is 4.99 Å². The molecule has 0 atom stereocenters. The third kappa shape index (κ3) is 1.38. The van der Waals surface area contributed by atoms with Crippen LogP contribution in [0.15, 0.2) is 47.5 Å². The molecule has 0 saturated carbocycles. The van der Waals surface area contributed by atoms with Crippen LogP contribution in [0.1, 0.15) is 5.56 Å². The molecule has 74 valence electrons. The highest BCUT2D eigenvalue weighted by Crippen LogP contribution is 2.20. The lowest BCUT2D eigenvalue weighted by Crippen LogP contribution is -2.01. The maximum absolute atomic E-state index is 5.50. The van der Waals surface area contributed by atoms with Crippen molar-refractivity contribution in [2.75, 3.05) is 13.2 Å². The van der Waals surface area contributed by atoms with E-state index in [1.54, 1.807) is 0 Å². The van der Waals surface area contributed by atoms with Crippen LogP contribution in [0.5, 0.6) is 0 Å². The van der Waals surface area contributed by atoms with E-state index in [-0.39, 0.29) is 0 Å². The highest BCUT2D eigenvalue weighted by atomic mass is 16.5. The number of fused-ring (bicyclic) bond motifs is 1. The minimum absolute atomic E-state index is 0.707. The van der Waals surface area contributed by atoms with E-state index >= 15 is 0 Å². The lowest BCUT2D eigenvalue weighted by atomic mass is 10.0. The molecule has 3 rings (SSSR count). The first-order valence-corrected chi connectivity index (χ1v) is 5.10. The van der Waals surface area contributed by atoms with Gasteiger partial charge in [-0.2, -0.15) is 0 Å². The number of rotatable bonds is 1. The molecule has 1 aliphatic rings. The van der Waals surface area contributed by atoms with Gasteiger partial charge >= 0.3 is 0 Å². The SMILES string of the molecule is c1ccc2c(C3=NCCO3)cccc2c1. The van der Waals surface area contributed by atoms with Crippen molar-refractivity contribution in [3.63, 3.8) is 0 Å². The molecule has 2 heteroatoms. The predicted molar refractivity (Wildman–Crippen MR) is 61.3 cm³/mol. The number of aliphatic imine (C=N–C) groups is 1. The molecule has 0 amide bonds. The minimum Gasteiger partial charge on any atom is -0.475 e. The smallest absolute Gasteiger partial charge is 0.216 e. The van der Waals surface area contributed by atoms with E-state index in [0.29, 0.717) is 6.61 Å². The molecule has 0 radical (unpaired) electrons. The van der Waals surface area contributed by atoms with Gasteiger partial charge in [0.05, 0.1) is 6.54 Å². The van der Waals surface area contributed by atoms with Crippen LogP contribution in [0.3, 0.4) is 0 Å². The van der Waals surface area contributed by atoms with Crippen LogP contribution in [0.4, 0.5) is 0 Å². The Morgan fingerprint density at radius 3 is 2.73 bits per heavy atom. The van der Waals surface area contributed by atoms with Crippen molar-refractivity contribution >= 4 is 16.7 Å². The fourth-order valence-corrected chi connectivity index (χ4v) is 1.91. The summed E-state index contributed by atoms with van der Waals surface area (Å²) in [6.07, 6.45) is 0. The first kappa shape index (κ1) is 8.48. The summed E-state index contributed by atoms with van der Waals surface area (Å²) >= 11 is 0. The van der Waals surface area contributed by atoms with E-state index in [4.69, 9.17) is 4.74 Å². The Morgan fingerprint density at radius 1 is 1.00 bits per heavy atom. The number of ether oxygens (including phenoxy) is 1. The molecule has 0 aromatic heterocycles. The van der Waals surface area contributed by atoms with Gasteiger partial charge in [-0.15, -0.1) is 0 Å². The lowest BCUT2D eigenvalue weighted by molar-refractivity contribution is 0.348. The van der Waals surface area contributed by atoms with Gasteiger partial charge in [0.25, 0.3) is 0 Å². The van der Waals surface area contributed by atoms with Gasteiger partial charge < -0.3 is 4.74 Å². The number of hydrogen-bond acceptors (Lipinski definition) is 2. The number of hydrogen-bond donors (Lipinski definition) is 0. The van der Waals surface area contributed by atoms with Gasteiger partial charge in [0, 0.05) is 5.56 Å². The molecule has 0 N–H and O–H groups in total. The fourth-order valence-electron chi connectivity index (χ4n) is 1.91. The molecule has 1 aliphatic heterocycles. The maximum Gasteiger partial charge on any atom is 0.216 e. The molecule has 0 spiro atoms. The largest absolute Gasteiger partial charge is 0.475 e. The van der Waals surface area contributed by atoms with E-state index in [0.717, 1.165) is 18.0 Å². The van der Waals surface area contributed by atoms with Crippen LogP contribution in [0.25, 0.3) is 10.8 Å². The average molecular weight is 197 g/mol. The summed E-state index contributed by atoms with van der Waals surface area (Å²) in [5, 5.41) is 2.44. The van der Waals surface area contributed by atoms with Crippen molar-refractivity contribution in [3.8, 4) is 0 Å². The monoisotopic (exact) mass is 197 g/mol. The second-order valence-corrected chi connectivity index (χ2v) is 3.56. The Bertz CT molecular complexity index is 526. The molecular formula is C13H11NO. The second-order valence-electron chi connectivity index (χ2n) is 3.56. The molecule has 2 nitrogen and oxygen atoms in total. The number of nitrogens with zero attached hydrogens (tertiary/aromatic N) is 1. The summed E-state index contributed by atoms with van der Waals surface area (Å²) in [6, 6.07) is 14.5. The molecule has 15 heavy (non-hydrogen) atoms. The Morgan fingerprint density at radius 2 is 1.87 bits per heavy atom. The molecule has 0 unspecified atom stereocenters. The summed E-state index contributed by atoms with van der Waals surface area (Å²) in [5.41, 5.74) is 1.10. The van der Waals surface area contributed by atoms with Crippen LogP contribution < -0.4 is 0 Å². The quantitative estimate of drug-likeness (QED) is 0.688. The summed E-state index contributed by atoms with van der Waals surface area (Å²) in [7, 11) is 0. The second kappa shape index (κ2) is 3.39. The van der Waals surface area contributed by atoms with Crippen molar-refractivity contribution in [2.24, 2.45) is 4.99 Å². The zero-order valence-corrected chi connectivity index (χ0v) is 8.31. The maximum atomic E-state index is 5.50. The van der Waals surface area contributed by atoms with Crippen molar-refractivity contribution in [1.29, 1.82) is 0 Å². The third-order valence-electron chi connectivity index (χ3n) is 2.61. The first-order valence-electron chi connectivity index (χ1n) is 5.10. The third-order valence-corrected chi connectivity index (χ3v) is 2.61. The summed E-state index contributed by atoms with van der Waals surface area (Å²) in [5.74, 6) is 0.784. The molecule has 2 aromatic rings. The van der Waals surface area contributed by atoms with E-state index in [9.17, 15) is 0 Å². The molecule has 1 heterocycles. The van der Waals surface area contributed by atoms with Crippen molar-refractivity contribution in [2.45, 2.75) is 0 Å². The van der Waals surface area contributed by atoms with Gasteiger partial charge in [0.15, 0.2) is 0 Å². The van der Waals surface area contributed by atoms with Crippen LogP contribution >= 0.6 is 0 Å². The van der Waals surface area contributed by atoms with Gasteiger partial charge in [0.1, 0.15) is 6.61 Å². The molecule has 0 bridgehead atoms. The molecule has 0 fully saturated rings. The Balaban J connectivity index is 2.26. The van der Waals surface area contributed by atoms with E-state index in [2.05, 4.69) is 29.3 Å². The van der Waals surface area contributed by atoms with Crippen molar-refractivity contribution in [3.05, 3.63) is 48.0 Å². The minimum atomic E-state index is 0.707. The Hall–Kier alpha value is -1.83. The van der Waals surface area contributed by atoms with Gasteiger partial charge in [0.2, 0.25) is 5.90 Å². The Kier molecular flexibility index (Phi) is 1.91. The lowest BCUT2D eigenvalue weighted by Gasteiger charge is -2.05. The standard InChI is InChI=1S/C13H11NO/c1-2-6-11-10(4-1)5-3-7-12(11)13-14-8-9-15-13/h1-7H,8-9H2. The highest BCUT2D eigenvalue weighted by molar-refractivity contribution is 6.07. The van der Waals surface area contributed by atoms with Crippen molar-refractivity contribution in [1.82, 2.24) is 0 Å². The van der Waals surface area contributed by atoms with E-state index < -0.39 is 0 Å². The molecule has 2 aromatic carbocycles. The van der Waals surface area contributed by atoms with Crippen LogP contribution in [0, 0.1) is 0 Å². The molecule has 0 saturated heterocycles. The van der Waals surface area contributed by atoms with Gasteiger partial charge in [-0.05, 0) is 16.8 Å². The zero-order chi connectivity index (χ0) is 10.1. The zero-order valence-electron chi connectivity index (χ0n) is 8.31. The van der Waals surface area contributed by atoms with Crippen molar-refractivity contribution < 1.29 is 4.74 Å². The first-order chi connectivity index (χ1) is 7.45. The van der Waals surface area contributed by atoms with Gasteiger partial charge in [-0.3, -0.25) is 0 Å². The predicted octanol–water partition coefficient (Wildman–Crippen LogP) is 2.62. The van der Waals surface area contributed by atoms with E-state index in [1.807, 2.05) is 18.2 Å². The summed E-state index contributed by atoms with van der Waals surface area (Å²) in [6.45, 7) is 1.48. The number of benzene rings is 2. The molecule has 0 aliphatic carbocycles. The summed E-state index contributed by atoms with van der Waals surface area (Å²) < 4.78 is 5.50. The van der Waals surface area contributed by atoms with Crippen LogP contribution in [-0.4, -0.2) is 19.0 Å². The van der Waals surface area contributed by atoms with Crippen LogP contribution in [-0.2, 0) is 4.74 Å². The highest BCUT2D eigenvalue weighted by Gasteiger charge is 2.12. The Labute approximate surface area is 88.2 Å². The average Bonchev–Trinajstić information content (AvgIpc) is 2.82. The van der Waals surface area contributed by atoms with Gasteiger partial charge in [-0.1, -0.05) is 36.4 Å². The van der Waals surface area contributed by atoms with E-state index in [1.165, 1.54) is 10.8 Å².